The number of thioether (sulfide) groups is 1. The minimum Gasteiger partial charge on any atom is -0.493 e. The number of hydrogen-bond donors (Lipinski definition) is 0. The van der Waals surface area contributed by atoms with Crippen LogP contribution in [0.25, 0.3) is 0 Å². The Balaban J connectivity index is 1.67. The summed E-state index contributed by atoms with van der Waals surface area (Å²) in [5.41, 5.74) is 2.04. The van der Waals surface area contributed by atoms with Crippen molar-refractivity contribution < 1.29 is 9.47 Å². The van der Waals surface area contributed by atoms with E-state index < -0.39 is 0 Å². The molecule has 0 N–H and O–H groups in total. The van der Waals surface area contributed by atoms with Gasteiger partial charge in [-0.2, -0.15) is 9.78 Å². The van der Waals surface area contributed by atoms with Gasteiger partial charge in [-0.3, -0.25) is 0 Å². The number of methoxy groups -OCH3 is 1. The Morgan fingerprint density at radius 2 is 2.00 bits per heavy atom. The molecule has 1 heterocycles. The predicted octanol–water partition coefficient (Wildman–Crippen LogP) is 4.90. The lowest BCUT2D eigenvalue weighted by Gasteiger charge is -2.10. The van der Waals surface area contributed by atoms with Crippen LogP contribution in [0.2, 0.25) is 5.02 Å². The Kier molecular flexibility index (Phi) is 7.33. The fraction of sp³-hybridized carbons (Fsp3) is 0.250. The minimum atomic E-state index is 0.651. The van der Waals surface area contributed by atoms with Gasteiger partial charge in [0.15, 0.2) is 11.5 Å². The zero-order valence-corrected chi connectivity index (χ0v) is 17.3. The zero-order valence-electron chi connectivity index (χ0n) is 15.7. The second-order valence-corrected chi connectivity index (χ2v) is 7.26. The van der Waals surface area contributed by atoms with Gasteiger partial charge in [0.05, 0.1) is 19.9 Å². The molecule has 3 rings (SSSR count). The summed E-state index contributed by atoms with van der Waals surface area (Å²) in [7, 11) is 1.63. The van der Waals surface area contributed by atoms with Crippen LogP contribution in [0.4, 0.5) is 0 Å². The van der Waals surface area contributed by atoms with Crippen molar-refractivity contribution in [2.45, 2.75) is 24.3 Å². The Hall–Kier alpha value is -2.51. The predicted molar refractivity (Wildman–Crippen MR) is 113 cm³/mol. The van der Waals surface area contributed by atoms with Crippen molar-refractivity contribution in [3.8, 4) is 11.5 Å². The molecule has 6 nitrogen and oxygen atoms in total. The molecule has 0 spiro atoms. The molecule has 0 radical (unpaired) electrons. The summed E-state index contributed by atoms with van der Waals surface area (Å²) in [4.78, 5) is 0. The number of aromatic nitrogens is 3. The van der Waals surface area contributed by atoms with E-state index in [4.69, 9.17) is 21.1 Å². The van der Waals surface area contributed by atoms with Crippen molar-refractivity contribution in [2.75, 3.05) is 13.7 Å². The van der Waals surface area contributed by atoms with Gasteiger partial charge in [0.25, 0.3) is 0 Å². The van der Waals surface area contributed by atoms with Crippen molar-refractivity contribution in [1.82, 2.24) is 14.9 Å². The molecule has 0 aliphatic heterocycles. The first-order valence-electron chi connectivity index (χ1n) is 8.82. The molecule has 0 bridgehead atoms. The number of rotatable bonds is 9. The molecule has 146 valence electrons. The van der Waals surface area contributed by atoms with Gasteiger partial charge >= 0.3 is 0 Å². The van der Waals surface area contributed by atoms with E-state index in [1.807, 2.05) is 42.5 Å². The van der Waals surface area contributed by atoms with E-state index in [0.29, 0.717) is 17.5 Å². The summed E-state index contributed by atoms with van der Waals surface area (Å²) in [6.07, 6.45) is 4.26. The van der Waals surface area contributed by atoms with Crippen molar-refractivity contribution in [3.05, 3.63) is 64.9 Å². The third-order valence-electron chi connectivity index (χ3n) is 3.76. The van der Waals surface area contributed by atoms with Crippen LogP contribution in [-0.2, 0) is 5.75 Å². The fourth-order valence-corrected chi connectivity index (χ4v) is 3.29. The van der Waals surface area contributed by atoms with Gasteiger partial charge in [-0.1, -0.05) is 42.4 Å². The monoisotopic (exact) mass is 416 g/mol. The fourth-order valence-electron chi connectivity index (χ4n) is 2.35. The van der Waals surface area contributed by atoms with Crippen molar-refractivity contribution in [1.29, 1.82) is 0 Å². The number of benzene rings is 2. The molecule has 0 aliphatic carbocycles. The summed E-state index contributed by atoms with van der Waals surface area (Å²) in [6, 6.07) is 13.4. The summed E-state index contributed by atoms with van der Waals surface area (Å²) in [6.45, 7) is 2.72. The third-order valence-corrected chi connectivity index (χ3v) is 5.02. The van der Waals surface area contributed by atoms with Crippen LogP contribution >= 0.6 is 23.4 Å². The maximum atomic E-state index is 5.92. The smallest absolute Gasteiger partial charge is 0.212 e. The topological polar surface area (TPSA) is 61.5 Å². The molecule has 28 heavy (non-hydrogen) atoms. The second kappa shape index (κ2) is 10.1. The van der Waals surface area contributed by atoms with Gasteiger partial charge in [0.2, 0.25) is 5.16 Å². The molecule has 2 aromatic carbocycles. The first-order chi connectivity index (χ1) is 13.7. The highest BCUT2D eigenvalue weighted by atomic mass is 35.5. The molecule has 0 atom stereocenters. The highest BCUT2D eigenvalue weighted by Gasteiger charge is 2.07. The average Bonchev–Trinajstić information content (AvgIpc) is 3.18. The molecule has 0 saturated carbocycles. The lowest BCUT2D eigenvalue weighted by molar-refractivity contribution is 0.294. The van der Waals surface area contributed by atoms with Crippen molar-refractivity contribution in [3.63, 3.8) is 0 Å². The van der Waals surface area contributed by atoms with Crippen LogP contribution < -0.4 is 9.47 Å². The normalized spacial score (nSPS) is 11.1. The summed E-state index contributed by atoms with van der Waals surface area (Å²) in [5, 5.41) is 14.0. The standard InChI is InChI=1S/C20H21ClN4O2S/c1-3-10-27-18-9-6-16(11-19(18)26-2)12-23-25-14-22-24-20(25)28-13-15-4-7-17(21)8-5-15/h4-9,11-12,14H,3,10,13H2,1-2H3/b23-12+. The zero-order chi connectivity index (χ0) is 19.8. The first kappa shape index (κ1) is 20.2. The van der Waals surface area contributed by atoms with Gasteiger partial charge in [0, 0.05) is 10.8 Å². The molecule has 8 heteroatoms. The summed E-state index contributed by atoms with van der Waals surface area (Å²) < 4.78 is 12.7. The molecule has 0 aliphatic rings. The van der Waals surface area contributed by atoms with E-state index in [-0.39, 0.29) is 0 Å². The summed E-state index contributed by atoms with van der Waals surface area (Å²) in [5.74, 6) is 2.16. The van der Waals surface area contributed by atoms with E-state index in [1.165, 1.54) is 0 Å². The van der Waals surface area contributed by atoms with Crippen LogP contribution in [0.1, 0.15) is 24.5 Å². The number of ether oxygens (including phenoxy) is 2. The van der Waals surface area contributed by atoms with E-state index >= 15 is 0 Å². The highest BCUT2D eigenvalue weighted by Crippen LogP contribution is 2.28. The number of nitrogens with zero attached hydrogens (tertiary/aromatic N) is 4. The van der Waals surface area contributed by atoms with Crippen molar-refractivity contribution >= 4 is 29.6 Å². The lowest BCUT2D eigenvalue weighted by atomic mass is 10.2. The van der Waals surface area contributed by atoms with Crippen molar-refractivity contribution in [2.24, 2.45) is 5.10 Å². The second-order valence-electron chi connectivity index (χ2n) is 5.88. The van der Waals surface area contributed by atoms with Crippen LogP contribution in [0, 0.1) is 0 Å². The molecule has 0 saturated heterocycles. The van der Waals surface area contributed by atoms with E-state index in [2.05, 4.69) is 22.2 Å². The van der Waals surface area contributed by atoms with Gasteiger partial charge in [0.1, 0.15) is 6.33 Å². The van der Waals surface area contributed by atoms with E-state index in [1.54, 1.807) is 36.1 Å². The number of hydrogen-bond acceptors (Lipinski definition) is 6. The minimum absolute atomic E-state index is 0.651. The number of halogens is 1. The van der Waals surface area contributed by atoms with Gasteiger partial charge in [-0.15, -0.1) is 10.2 Å². The quantitative estimate of drug-likeness (QED) is 0.366. The Bertz CT molecular complexity index is 928. The van der Waals surface area contributed by atoms with Crippen LogP contribution in [0.3, 0.4) is 0 Å². The molecule has 1 aromatic heterocycles. The molecule has 0 fully saturated rings. The molecule has 0 unspecified atom stereocenters. The first-order valence-corrected chi connectivity index (χ1v) is 10.2. The Morgan fingerprint density at radius 3 is 2.75 bits per heavy atom. The largest absolute Gasteiger partial charge is 0.493 e. The van der Waals surface area contributed by atoms with Crippen LogP contribution in [-0.4, -0.2) is 34.8 Å². The maximum Gasteiger partial charge on any atom is 0.212 e. The molecule has 3 aromatic rings. The molecule has 0 amide bonds. The lowest BCUT2D eigenvalue weighted by Crippen LogP contribution is -1.99. The van der Waals surface area contributed by atoms with Gasteiger partial charge in [-0.05, 0) is 47.9 Å². The Labute approximate surface area is 173 Å². The van der Waals surface area contributed by atoms with Gasteiger partial charge < -0.3 is 9.47 Å². The van der Waals surface area contributed by atoms with Crippen LogP contribution in [0.5, 0.6) is 11.5 Å². The van der Waals surface area contributed by atoms with E-state index in [9.17, 15) is 0 Å². The maximum absolute atomic E-state index is 5.92. The third kappa shape index (κ3) is 5.50. The Morgan fingerprint density at radius 1 is 1.18 bits per heavy atom. The highest BCUT2D eigenvalue weighted by molar-refractivity contribution is 7.98. The molecular formula is C20H21ClN4O2S. The average molecular weight is 417 g/mol. The van der Waals surface area contributed by atoms with E-state index in [0.717, 1.165) is 34.1 Å². The SMILES string of the molecule is CCCOc1ccc(/C=N/n2cnnc2SCc2ccc(Cl)cc2)cc1OC. The summed E-state index contributed by atoms with van der Waals surface area (Å²) >= 11 is 7.48. The molecular weight excluding hydrogens is 396 g/mol. The van der Waals surface area contributed by atoms with Gasteiger partial charge in [-0.25, -0.2) is 0 Å². The van der Waals surface area contributed by atoms with Crippen LogP contribution in [0.15, 0.2) is 59.0 Å².